The molecule has 3 aromatic rings. The van der Waals surface area contributed by atoms with E-state index in [1.807, 2.05) is 29.6 Å². The number of nitrogens with zero attached hydrogens (tertiary/aromatic N) is 3. The Balaban J connectivity index is 1.57. The van der Waals surface area contributed by atoms with Crippen LogP contribution in [0.25, 0.3) is 11.5 Å². The fraction of sp³-hybridized carbons (Fsp3) is 0.267. The summed E-state index contributed by atoms with van der Waals surface area (Å²) < 4.78 is 16.4. The van der Waals surface area contributed by atoms with Gasteiger partial charge in [-0.1, -0.05) is 22.6 Å². The molecule has 0 radical (unpaired) electrons. The van der Waals surface area contributed by atoms with Gasteiger partial charge in [-0.3, -0.25) is 0 Å². The Morgan fingerprint density at radius 2 is 2.32 bits per heavy atom. The molecule has 0 aliphatic carbocycles. The van der Waals surface area contributed by atoms with Crippen molar-refractivity contribution < 1.29 is 14.0 Å². The molecular weight excluding hydrogens is 302 g/mol. The van der Waals surface area contributed by atoms with Crippen LogP contribution < -0.4 is 4.74 Å². The first-order valence-electron chi connectivity index (χ1n) is 6.97. The molecular formula is C15H13N3O3S. The van der Waals surface area contributed by atoms with Gasteiger partial charge in [-0.05, 0) is 24.6 Å². The van der Waals surface area contributed by atoms with Crippen molar-refractivity contribution >= 4 is 11.3 Å². The summed E-state index contributed by atoms with van der Waals surface area (Å²) in [5.41, 5.74) is 0.826. The van der Waals surface area contributed by atoms with E-state index in [9.17, 15) is 0 Å². The predicted molar refractivity (Wildman–Crippen MR) is 80.1 cm³/mol. The Bertz CT molecular complexity index is 751. The Morgan fingerprint density at radius 3 is 3.14 bits per heavy atom. The molecule has 4 rings (SSSR count). The van der Waals surface area contributed by atoms with Crippen LogP contribution in [-0.4, -0.2) is 28.3 Å². The summed E-state index contributed by atoms with van der Waals surface area (Å²) in [5.74, 6) is 2.12. The maximum absolute atomic E-state index is 5.68. The van der Waals surface area contributed by atoms with E-state index >= 15 is 0 Å². The predicted octanol–water partition coefficient (Wildman–Crippen LogP) is 3.49. The largest absolute Gasteiger partial charge is 0.431 e. The highest BCUT2D eigenvalue weighted by atomic mass is 32.1. The zero-order valence-corrected chi connectivity index (χ0v) is 12.5. The van der Waals surface area contributed by atoms with Crippen LogP contribution in [0.5, 0.6) is 10.9 Å². The molecule has 0 amide bonds. The first-order valence-corrected chi connectivity index (χ1v) is 7.85. The SMILES string of the molecule is c1cc(Oc2nccs2)cc(-c2nc([C@@H]3CCOC3)no2)c1. The normalized spacial score (nSPS) is 17.7. The van der Waals surface area contributed by atoms with Crippen molar-refractivity contribution in [2.24, 2.45) is 0 Å². The lowest BCUT2D eigenvalue weighted by molar-refractivity contribution is 0.192. The Labute approximate surface area is 130 Å². The molecule has 6 nitrogen and oxygen atoms in total. The smallest absolute Gasteiger partial charge is 0.278 e. The minimum Gasteiger partial charge on any atom is -0.431 e. The van der Waals surface area contributed by atoms with E-state index in [0.29, 0.717) is 29.3 Å². The average molecular weight is 315 g/mol. The lowest BCUT2D eigenvalue weighted by Crippen LogP contribution is -1.99. The lowest BCUT2D eigenvalue weighted by Gasteiger charge is -2.02. The van der Waals surface area contributed by atoms with Gasteiger partial charge >= 0.3 is 0 Å². The molecule has 7 heteroatoms. The second-order valence-corrected chi connectivity index (χ2v) is 5.80. The highest BCUT2D eigenvalue weighted by Gasteiger charge is 2.23. The first kappa shape index (κ1) is 13.4. The third kappa shape index (κ3) is 2.72. The molecule has 112 valence electrons. The van der Waals surface area contributed by atoms with E-state index in [-0.39, 0.29) is 5.92 Å². The fourth-order valence-electron chi connectivity index (χ4n) is 2.31. The molecule has 3 heterocycles. The molecule has 1 aliphatic heterocycles. The van der Waals surface area contributed by atoms with Gasteiger partial charge in [-0.15, -0.1) is 0 Å². The molecule has 22 heavy (non-hydrogen) atoms. The van der Waals surface area contributed by atoms with Gasteiger partial charge in [-0.25, -0.2) is 4.98 Å². The zero-order valence-electron chi connectivity index (χ0n) is 11.6. The summed E-state index contributed by atoms with van der Waals surface area (Å²) >= 11 is 1.44. The van der Waals surface area contributed by atoms with Crippen LogP contribution in [0, 0.1) is 0 Å². The van der Waals surface area contributed by atoms with E-state index < -0.39 is 0 Å². The third-order valence-electron chi connectivity index (χ3n) is 3.43. The number of hydrogen-bond donors (Lipinski definition) is 0. The summed E-state index contributed by atoms with van der Waals surface area (Å²) in [5, 5.41) is 6.53. The van der Waals surface area contributed by atoms with Gasteiger partial charge in [-0.2, -0.15) is 4.98 Å². The van der Waals surface area contributed by atoms with Crippen LogP contribution in [0.4, 0.5) is 0 Å². The number of benzene rings is 1. The van der Waals surface area contributed by atoms with E-state index in [2.05, 4.69) is 15.1 Å². The van der Waals surface area contributed by atoms with Gasteiger partial charge in [0.25, 0.3) is 11.1 Å². The molecule has 0 spiro atoms. The molecule has 1 aromatic carbocycles. The fourth-order valence-corrected chi connectivity index (χ4v) is 2.81. The topological polar surface area (TPSA) is 70.3 Å². The molecule has 0 N–H and O–H groups in total. The highest BCUT2D eigenvalue weighted by molar-refractivity contribution is 7.11. The van der Waals surface area contributed by atoms with E-state index in [0.717, 1.165) is 18.6 Å². The first-order chi connectivity index (χ1) is 10.9. The van der Waals surface area contributed by atoms with Gasteiger partial charge in [0.05, 0.1) is 6.61 Å². The van der Waals surface area contributed by atoms with Crippen LogP contribution in [-0.2, 0) is 4.74 Å². The molecule has 1 atom stereocenters. The molecule has 1 saturated heterocycles. The van der Waals surface area contributed by atoms with Crippen molar-refractivity contribution in [3.05, 3.63) is 41.7 Å². The maximum atomic E-state index is 5.68. The summed E-state index contributed by atoms with van der Waals surface area (Å²) in [6, 6.07) is 7.54. The number of thiazole rings is 1. The van der Waals surface area contributed by atoms with Gasteiger partial charge in [0.2, 0.25) is 0 Å². The van der Waals surface area contributed by atoms with Crippen molar-refractivity contribution in [2.45, 2.75) is 12.3 Å². The summed E-state index contributed by atoms with van der Waals surface area (Å²) in [6.45, 7) is 1.41. The average Bonchev–Trinajstić information content (AvgIpc) is 3.29. The van der Waals surface area contributed by atoms with Gasteiger partial charge in [0.15, 0.2) is 5.82 Å². The van der Waals surface area contributed by atoms with Gasteiger partial charge in [0.1, 0.15) is 5.75 Å². The van der Waals surface area contributed by atoms with Crippen LogP contribution in [0.15, 0.2) is 40.4 Å². The third-order valence-corrected chi connectivity index (χ3v) is 4.08. The van der Waals surface area contributed by atoms with Gasteiger partial charge < -0.3 is 14.0 Å². The molecule has 1 aliphatic rings. The summed E-state index contributed by atoms with van der Waals surface area (Å²) in [4.78, 5) is 8.58. The monoisotopic (exact) mass is 315 g/mol. The maximum Gasteiger partial charge on any atom is 0.278 e. The Kier molecular flexibility index (Phi) is 3.57. The molecule has 0 unspecified atom stereocenters. The van der Waals surface area contributed by atoms with E-state index in [1.54, 1.807) is 6.20 Å². The van der Waals surface area contributed by atoms with Crippen molar-refractivity contribution in [1.82, 2.24) is 15.1 Å². The van der Waals surface area contributed by atoms with Gasteiger partial charge in [0, 0.05) is 29.7 Å². The summed E-state index contributed by atoms with van der Waals surface area (Å²) in [6.07, 6.45) is 2.64. The van der Waals surface area contributed by atoms with Crippen LogP contribution in [0.2, 0.25) is 0 Å². The Hall–Kier alpha value is -2.25. The zero-order chi connectivity index (χ0) is 14.8. The second kappa shape index (κ2) is 5.86. The van der Waals surface area contributed by atoms with Crippen LogP contribution in [0.3, 0.4) is 0 Å². The highest BCUT2D eigenvalue weighted by Crippen LogP contribution is 2.29. The van der Waals surface area contributed by atoms with Crippen molar-refractivity contribution in [3.63, 3.8) is 0 Å². The minimum atomic E-state index is 0.229. The number of rotatable bonds is 4. The van der Waals surface area contributed by atoms with Crippen LogP contribution >= 0.6 is 11.3 Å². The minimum absolute atomic E-state index is 0.229. The lowest BCUT2D eigenvalue weighted by atomic mass is 10.1. The standard InChI is InChI=1S/C15H13N3O3S/c1-2-10(8-12(3-1)20-15-16-5-7-22-15)14-17-13(18-21-14)11-4-6-19-9-11/h1-3,5,7-8,11H,4,6,9H2/t11-/m1/s1. The van der Waals surface area contributed by atoms with E-state index in [1.165, 1.54) is 11.3 Å². The molecule has 2 aromatic heterocycles. The summed E-state index contributed by atoms with van der Waals surface area (Å²) in [7, 11) is 0. The molecule has 0 saturated carbocycles. The van der Waals surface area contributed by atoms with Crippen molar-refractivity contribution in [3.8, 4) is 22.4 Å². The molecule has 0 bridgehead atoms. The quantitative estimate of drug-likeness (QED) is 0.734. The van der Waals surface area contributed by atoms with E-state index in [4.69, 9.17) is 14.0 Å². The number of ether oxygens (including phenoxy) is 2. The van der Waals surface area contributed by atoms with Crippen molar-refractivity contribution in [2.75, 3.05) is 13.2 Å². The second-order valence-electron chi connectivity index (χ2n) is 4.95. The molecule has 1 fully saturated rings. The van der Waals surface area contributed by atoms with Crippen molar-refractivity contribution in [1.29, 1.82) is 0 Å². The number of aromatic nitrogens is 3. The number of hydrogen-bond acceptors (Lipinski definition) is 7. The van der Waals surface area contributed by atoms with Crippen LogP contribution in [0.1, 0.15) is 18.2 Å². The Morgan fingerprint density at radius 1 is 1.32 bits per heavy atom.